The summed E-state index contributed by atoms with van der Waals surface area (Å²) < 4.78 is 30.4. The van der Waals surface area contributed by atoms with Crippen LogP contribution in [0.1, 0.15) is 4.88 Å². The maximum atomic E-state index is 9.67. The fourth-order valence-corrected chi connectivity index (χ4v) is 2.32. The number of rotatable bonds is 1. The molecule has 1 heterocycles. The number of hydrogen-bond acceptors (Lipinski definition) is 1. The molecular formula is C5H5BF3KS. The van der Waals surface area contributed by atoms with Gasteiger partial charge in [0, 0.05) is 0 Å². The molecule has 0 aliphatic heterocycles. The Balaban J connectivity index is 0.000000218. The molecule has 0 aliphatic carbocycles. The summed E-state index contributed by atoms with van der Waals surface area (Å²) in [5, 5.41) is 2.14. The summed E-state index contributed by atoms with van der Waals surface area (Å²) in [6, 6.07) is 4.32. The van der Waals surface area contributed by atoms with Gasteiger partial charge in [0.05, 0.1) is 0 Å². The maximum absolute atomic E-state index is 9.67. The van der Waals surface area contributed by atoms with Gasteiger partial charge in [0.15, 0.2) is 0 Å². The Morgan fingerprint density at radius 2 is 2.00 bits per heavy atom. The van der Waals surface area contributed by atoms with Gasteiger partial charge in [0.2, 0.25) is 0 Å². The summed E-state index contributed by atoms with van der Waals surface area (Å²) >= 11 is 2.87. The molecule has 0 saturated carbocycles. The molecule has 0 fully saturated rings. The standard InChI is InChI=1S/C5H5S.BF3.K/c1-5-3-2-4-6-5;2-1(3)4;/h2-4H,1H2;;. The molecule has 0 aromatic carbocycles. The van der Waals surface area contributed by atoms with Crippen LogP contribution in [0.5, 0.6) is 0 Å². The summed E-state index contributed by atoms with van der Waals surface area (Å²) in [4.78, 5) is 1.56. The van der Waals surface area contributed by atoms with Gasteiger partial charge in [-0.25, -0.2) is 0 Å². The number of hydrogen-bond donors (Lipinski definition) is 0. The minimum atomic E-state index is -3.67. The van der Waals surface area contributed by atoms with Crippen molar-refractivity contribution in [2.75, 3.05) is 0 Å². The van der Waals surface area contributed by atoms with Crippen molar-refractivity contribution in [1.29, 1.82) is 0 Å². The van der Waals surface area contributed by atoms with Crippen LogP contribution in [0.3, 0.4) is 0 Å². The van der Waals surface area contributed by atoms with E-state index in [1.807, 2.05) is 11.3 Å². The Hall–Kier alpha value is 1.19. The van der Waals surface area contributed by atoms with Crippen LogP contribution in [0, 0.1) is 0 Å². The molecule has 0 saturated heterocycles. The molecule has 0 atom stereocenters. The zero-order chi connectivity index (χ0) is 8.69. The molecule has 0 nitrogen and oxygen atoms in total. The number of halogens is 3. The predicted octanol–water partition coefficient (Wildman–Crippen LogP) is 2.30. The third kappa shape index (κ3) is 9.10. The average Bonchev–Trinajstić information content (AvgIpc) is 2.36. The van der Waals surface area contributed by atoms with E-state index in [9.17, 15) is 12.9 Å². The van der Waals surface area contributed by atoms with E-state index in [2.05, 4.69) is 17.5 Å². The van der Waals surface area contributed by atoms with E-state index < -0.39 is 7.54 Å². The van der Waals surface area contributed by atoms with Crippen LogP contribution < -0.4 is 0 Å². The molecule has 0 spiro atoms. The van der Waals surface area contributed by atoms with Gasteiger partial charge in [-0.2, -0.15) is 0 Å². The van der Waals surface area contributed by atoms with Crippen molar-refractivity contribution in [2.24, 2.45) is 0 Å². The Labute approximate surface area is 102 Å². The second-order valence-corrected chi connectivity index (χ2v) is 3.82. The Morgan fingerprint density at radius 1 is 1.45 bits per heavy atom. The van der Waals surface area contributed by atoms with Gasteiger partial charge >= 0.3 is 90.7 Å². The first-order chi connectivity index (χ1) is 5.16. The molecule has 1 aromatic heterocycles. The van der Waals surface area contributed by atoms with Crippen molar-refractivity contribution in [3.8, 4) is 0 Å². The summed E-state index contributed by atoms with van der Waals surface area (Å²) in [6.45, 7) is 0. The molecule has 0 bridgehead atoms. The van der Waals surface area contributed by atoms with Crippen molar-refractivity contribution in [3.63, 3.8) is 0 Å². The first kappa shape index (κ1) is 12.2. The summed E-state index contributed by atoms with van der Waals surface area (Å²) in [7, 11) is -3.67. The van der Waals surface area contributed by atoms with E-state index in [4.69, 9.17) is 0 Å². The Morgan fingerprint density at radius 3 is 2.18 bits per heavy atom. The van der Waals surface area contributed by atoms with Gasteiger partial charge in [-0.15, -0.1) is 0 Å². The van der Waals surface area contributed by atoms with Crippen molar-refractivity contribution >= 4 is 67.8 Å². The molecule has 0 N–H and O–H groups in total. The molecule has 1 aromatic rings. The van der Waals surface area contributed by atoms with Crippen LogP contribution in [-0.2, 0) is 0.515 Å². The van der Waals surface area contributed by atoms with Crippen molar-refractivity contribution in [3.05, 3.63) is 22.4 Å². The normalized spacial score (nSPS) is 8.45. The Kier molecular flexibility index (Phi) is 8.67. The zero-order valence-electron chi connectivity index (χ0n) is 6.06. The SMILES string of the molecule is FB(F)F.[K][CH2]c1cccs1. The summed E-state index contributed by atoms with van der Waals surface area (Å²) in [5.74, 6) is 0. The third-order valence-electron chi connectivity index (χ3n) is 0.929. The summed E-state index contributed by atoms with van der Waals surface area (Å²) in [6.07, 6.45) is 0. The quantitative estimate of drug-likeness (QED) is 0.615. The van der Waals surface area contributed by atoms with Crippen LogP contribution in [-0.4, -0.2) is 56.5 Å². The topological polar surface area (TPSA) is 0 Å². The molecule has 6 heteroatoms. The van der Waals surface area contributed by atoms with Crippen LogP contribution in [0.2, 0.25) is 0 Å². The van der Waals surface area contributed by atoms with Crippen LogP contribution >= 0.6 is 11.3 Å². The van der Waals surface area contributed by atoms with E-state index >= 15 is 0 Å². The predicted molar refractivity (Wildman–Crippen MR) is 42.9 cm³/mol. The second-order valence-electron chi connectivity index (χ2n) is 1.68. The van der Waals surface area contributed by atoms with Gasteiger partial charge in [-0.05, 0) is 0 Å². The van der Waals surface area contributed by atoms with Crippen molar-refractivity contribution in [1.82, 2.24) is 0 Å². The minimum absolute atomic E-state index is 0.998. The van der Waals surface area contributed by atoms with Gasteiger partial charge in [0.1, 0.15) is 0 Å². The fourth-order valence-electron chi connectivity index (χ4n) is 0.514. The zero-order valence-corrected chi connectivity index (χ0v) is 10.00. The Bertz CT molecular complexity index is 165. The van der Waals surface area contributed by atoms with Gasteiger partial charge in [-0.1, -0.05) is 0 Å². The fraction of sp³-hybridized carbons (Fsp3) is 0.200. The van der Waals surface area contributed by atoms with Gasteiger partial charge < -0.3 is 0 Å². The molecule has 0 amide bonds. The summed E-state index contributed by atoms with van der Waals surface area (Å²) in [5.41, 5.74) is 0. The van der Waals surface area contributed by atoms with Crippen LogP contribution in [0.15, 0.2) is 17.5 Å². The van der Waals surface area contributed by atoms with Crippen molar-refractivity contribution in [2.45, 2.75) is 0.515 Å². The molecule has 0 unspecified atom stereocenters. The third-order valence-corrected chi connectivity index (χ3v) is 3.94. The molecular weight excluding hydrogens is 199 g/mol. The molecule has 11 heavy (non-hydrogen) atoms. The number of thiophene rings is 1. The van der Waals surface area contributed by atoms with E-state index in [1.54, 1.807) is 4.88 Å². The van der Waals surface area contributed by atoms with E-state index in [0.29, 0.717) is 0 Å². The van der Waals surface area contributed by atoms with Gasteiger partial charge in [0.25, 0.3) is 0 Å². The first-order valence-electron chi connectivity index (χ1n) is 3.11. The van der Waals surface area contributed by atoms with Gasteiger partial charge in [-0.3, -0.25) is 12.9 Å². The second kappa shape index (κ2) is 7.82. The van der Waals surface area contributed by atoms with E-state index in [1.165, 1.54) is 0.515 Å². The molecule has 0 aliphatic rings. The first-order valence-corrected chi connectivity index (χ1v) is 6.20. The van der Waals surface area contributed by atoms with E-state index in [-0.39, 0.29) is 0 Å². The van der Waals surface area contributed by atoms with Crippen LogP contribution in [0.25, 0.3) is 0 Å². The molecule has 56 valence electrons. The molecule has 1 rings (SSSR count). The van der Waals surface area contributed by atoms with Crippen LogP contribution in [0.4, 0.5) is 12.9 Å². The van der Waals surface area contributed by atoms with E-state index in [0.717, 1.165) is 49.0 Å². The molecule has 0 radical (unpaired) electrons. The monoisotopic (exact) mass is 204 g/mol. The van der Waals surface area contributed by atoms with Crippen molar-refractivity contribution < 1.29 is 12.9 Å². The average molecular weight is 204 g/mol.